The van der Waals surface area contributed by atoms with Crippen LogP contribution in [0.1, 0.15) is 26.2 Å². The van der Waals surface area contributed by atoms with Crippen molar-refractivity contribution in [3.8, 4) is 0 Å². The average Bonchev–Trinajstić information content (AvgIpc) is 3.01. The monoisotopic (exact) mass is 369 g/mol. The predicted octanol–water partition coefficient (Wildman–Crippen LogP) is 1.04. The van der Waals surface area contributed by atoms with Gasteiger partial charge in [-0.2, -0.15) is 5.10 Å². The Kier molecular flexibility index (Phi) is 6.84. The molecule has 2 atom stereocenters. The van der Waals surface area contributed by atoms with E-state index in [0.29, 0.717) is 31.3 Å². The van der Waals surface area contributed by atoms with Gasteiger partial charge in [-0.3, -0.25) is 14.3 Å². The Labute approximate surface area is 155 Å². The Morgan fingerprint density at radius 3 is 2.84 bits per heavy atom. The Morgan fingerprint density at radius 1 is 1.44 bits per heavy atom. The highest BCUT2D eigenvalue weighted by Gasteiger charge is 2.30. The lowest BCUT2D eigenvalue weighted by molar-refractivity contribution is -0.137. The lowest BCUT2D eigenvalue weighted by atomic mass is 9.85. The van der Waals surface area contributed by atoms with E-state index in [1.54, 1.807) is 20.7 Å². The van der Waals surface area contributed by atoms with E-state index in [-0.39, 0.29) is 30.8 Å². The van der Waals surface area contributed by atoms with Gasteiger partial charge in [0, 0.05) is 32.8 Å². The SMILES string of the molecule is CC(CC(=O)N1CCN(c2cnn(C)c2)C(=O)C1)C1CCCNC1.Cl. The number of piperazine rings is 1. The molecule has 3 heterocycles. The smallest absolute Gasteiger partial charge is 0.246 e. The fourth-order valence-corrected chi connectivity index (χ4v) is 3.64. The third kappa shape index (κ3) is 4.73. The van der Waals surface area contributed by atoms with Crippen molar-refractivity contribution in [3.05, 3.63) is 12.4 Å². The van der Waals surface area contributed by atoms with Gasteiger partial charge in [0.2, 0.25) is 11.8 Å². The first-order chi connectivity index (χ1) is 11.5. The van der Waals surface area contributed by atoms with Crippen molar-refractivity contribution in [3.63, 3.8) is 0 Å². The number of anilines is 1. The van der Waals surface area contributed by atoms with Crippen molar-refractivity contribution < 1.29 is 9.59 Å². The Hall–Kier alpha value is -1.60. The fraction of sp³-hybridized carbons (Fsp3) is 0.706. The van der Waals surface area contributed by atoms with Gasteiger partial charge in [0.1, 0.15) is 6.54 Å². The van der Waals surface area contributed by atoms with Crippen molar-refractivity contribution in [2.24, 2.45) is 18.9 Å². The van der Waals surface area contributed by atoms with Gasteiger partial charge in [-0.05, 0) is 37.8 Å². The van der Waals surface area contributed by atoms with Crippen molar-refractivity contribution in [2.45, 2.75) is 26.2 Å². The summed E-state index contributed by atoms with van der Waals surface area (Å²) < 4.78 is 1.68. The lowest BCUT2D eigenvalue weighted by Gasteiger charge is -2.35. The van der Waals surface area contributed by atoms with Gasteiger partial charge in [-0.15, -0.1) is 12.4 Å². The first-order valence-corrected chi connectivity index (χ1v) is 8.82. The molecule has 2 aliphatic rings. The molecule has 7 nitrogen and oxygen atoms in total. The van der Waals surface area contributed by atoms with Crippen molar-refractivity contribution in [1.82, 2.24) is 20.0 Å². The van der Waals surface area contributed by atoms with E-state index in [1.807, 2.05) is 13.2 Å². The lowest BCUT2D eigenvalue weighted by Crippen LogP contribution is -2.52. The minimum atomic E-state index is -0.0328. The number of nitrogens with one attached hydrogen (secondary N) is 1. The van der Waals surface area contributed by atoms with E-state index in [0.717, 1.165) is 18.8 Å². The number of hydrogen-bond donors (Lipinski definition) is 1. The van der Waals surface area contributed by atoms with E-state index in [9.17, 15) is 9.59 Å². The third-order valence-corrected chi connectivity index (χ3v) is 5.21. The zero-order valence-corrected chi connectivity index (χ0v) is 15.8. The van der Waals surface area contributed by atoms with E-state index in [2.05, 4.69) is 17.3 Å². The summed E-state index contributed by atoms with van der Waals surface area (Å²) in [4.78, 5) is 28.4. The van der Waals surface area contributed by atoms with E-state index in [1.165, 1.54) is 12.8 Å². The van der Waals surface area contributed by atoms with E-state index < -0.39 is 0 Å². The van der Waals surface area contributed by atoms with Crippen LogP contribution in [0.5, 0.6) is 0 Å². The number of amides is 2. The topological polar surface area (TPSA) is 70.5 Å². The number of hydrogen-bond acceptors (Lipinski definition) is 4. The van der Waals surface area contributed by atoms with Crippen LogP contribution < -0.4 is 10.2 Å². The number of rotatable bonds is 4. The summed E-state index contributed by atoms with van der Waals surface area (Å²) in [5.74, 6) is 0.994. The molecule has 1 N–H and O–H groups in total. The molecule has 3 rings (SSSR count). The third-order valence-electron chi connectivity index (χ3n) is 5.21. The number of aryl methyl sites for hydroxylation is 1. The van der Waals surface area contributed by atoms with Crippen LogP contribution in [0, 0.1) is 11.8 Å². The number of carbonyl (C=O) groups is 2. The Morgan fingerprint density at radius 2 is 2.24 bits per heavy atom. The molecule has 2 aliphatic heterocycles. The summed E-state index contributed by atoms with van der Waals surface area (Å²) in [6.07, 6.45) is 6.42. The molecule has 2 unspecified atom stereocenters. The van der Waals surface area contributed by atoms with Crippen LogP contribution in [0.25, 0.3) is 0 Å². The van der Waals surface area contributed by atoms with Crippen molar-refractivity contribution in [2.75, 3.05) is 37.6 Å². The summed E-state index contributed by atoms with van der Waals surface area (Å²) in [6.45, 7) is 5.54. The maximum absolute atomic E-state index is 12.6. The van der Waals surface area contributed by atoms with Gasteiger partial charge in [0.05, 0.1) is 11.9 Å². The highest BCUT2D eigenvalue weighted by molar-refractivity contribution is 5.97. The number of nitrogens with zero attached hydrogens (tertiary/aromatic N) is 4. The number of halogens is 1. The zero-order valence-electron chi connectivity index (χ0n) is 15.0. The maximum Gasteiger partial charge on any atom is 0.246 e. The van der Waals surface area contributed by atoms with Gasteiger partial charge in [-0.1, -0.05) is 6.92 Å². The van der Waals surface area contributed by atoms with Gasteiger partial charge in [0.25, 0.3) is 0 Å². The van der Waals surface area contributed by atoms with Crippen LogP contribution in [0.4, 0.5) is 5.69 Å². The standard InChI is InChI=1S/C17H27N5O2.ClH/c1-13(14-4-3-5-18-9-14)8-16(23)21-6-7-22(17(24)12-21)15-10-19-20(2)11-15;/h10-11,13-14,18H,3-9,12H2,1-2H3;1H. The molecule has 0 aliphatic carbocycles. The molecule has 0 radical (unpaired) electrons. The van der Waals surface area contributed by atoms with Crippen LogP contribution in [0.2, 0.25) is 0 Å². The summed E-state index contributed by atoms with van der Waals surface area (Å²) >= 11 is 0. The normalized spacial score (nSPS) is 22.5. The second-order valence-corrected chi connectivity index (χ2v) is 7.02. The average molecular weight is 370 g/mol. The number of carbonyl (C=O) groups excluding carboxylic acids is 2. The van der Waals surface area contributed by atoms with Gasteiger partial charge in [-0.25, -0.2) is 0 Å². The van der Waals surface area contributed by atoms with Gasteiger partial charge in [0.15, 0.2) is 0 Å². The predicted molar refractivity (Wildman–Crippen MR) is 98.8 cm³/mol. The molecule has 0 spiro atoms. The summed E-state index contributed by atoms with van der Waals surface area (Å²) in [7, 11) is 1.83. The van der Waals surface area contributed by atoms with Crippen LogP contribution in [-0.4, -0.2) is 59.2 Å². The highest BCUT2D eigenvalue weighted by atomic mass is 35.5. The van der Waals surface area contributed by atoms with Gasteiger partial charge < -0.3 is 15.1 Å². The molecular weight excluding hydrogens is 342 g/mol. The second-order valence-electron chi connectivity index (χ2n) is 7.02. The molecule has 1 aromatic heterocycles. The fourth-order valence-electron chi connectivity index (χ4n) is 3.64. The summed E-state index contributed by atoms with van der Waals surface area (Å²) in [5, 5.41) is 7.52. The quantitative estimate of drug-likeness (QED) is 0.861. The Bertz CT molecular complexity index is 600. The first-order valence-electron chi connectivity index (χ1n) is 8.82. The maximum atomic E-state index is 12.6. The highest BCUT2D eigenvalue weighted by Crippen LogP contribution is 2.24. The molecule has 25 heavy (non-hydrogen) atoms. The molecule has 0 saturated carbocycles. The van der Waals surface area contributed by atoms with E-state index >= 15 is 0 Å². The number of piperidine rings is 1. The van der Waals surface area contributed by atoms with Crippen LogP contribution >= 0.6 is 12.4 Å². The molecule has 2 fully saturated rings. The second kappa shape index (κ2) is 8.67. The minimum Gasteiger partial charge on any atom is -0.332 e. The minimum absolute atomic E-state index is 0. The van der Waals surface area contributed by atoms with Crippen molar-refractivity contribution in [1.29, 1.82) is 0 Å². The van der Waals surface area contributed by atoms with Crippen LogP contribution in [0.3, 0.4) is 0 Å². The van der Waals surface area contributed by atoms with Crippen LogP contribution in [0.15, 0.2) is 12.4 Å². The summed E-state index contributed by atoms with van der Waals surface area (Å²) in [6, 6.07) is 0. The first kappa shape index (κ1) is 19.7. The largest absolute Gasteiger partial charge is 0.332 e. The molecule has 2 amide bonds. The summed E-state index contributed by atoms with van der Waals surface area (Å²) in [5.41, 5.74) is 0.802. The molecule has 0 bridgehead atoms. The Balaban J connectivity index is 0.00000225. The van der Waals surface area contributed by atoms with Crippen molar-refractivity contribution >= 4 is 29.9 Å². The van der Waals surface area contributed by atoms with Crippen LogP contribution in [-0.2, 0) is 16.6 Å². The molecule has 0 aromatic carbocycles. The molecule has 1 aromatic rings. The molecular formula is C17H28ClN5O2. The molecule has 8 heteroatoms. The number of aromatic nitrogens is 2. The van der Waals surface area contributed by atoms with E-state index in [4.69, 9.17) is 0 Å². The van der Waals surface area contributed by atoms with Gasteiger partial charge >= 0.3 is 0 Å². The molecule has 2 saturated heterocycles. The molecule has 140 valence electrons. The zero-order chi connectivity index (χ0) is 17.1.